The summed E-state index contributed by atoms with van der Waals surface area (Å²) in [4.78, 5) is 12.8. The van der Waals surface area contributed by atoms with Crippen molar-refractivity contribution in [3.8, 4) is 0 Å². The van der Waals surface area contributed by atoms with Crippen LogP contribution in [0.15, 0.2) is 0 Å². The highest BCUT2D eigenvalue weighted by atomic mass is 32.2. The third-order valence-electron chi connectivity index (χ3n) is 13.4. The fourth-order valence-electron chi connectivity index (χ4n) is 11.5. The first kappa shape index (κ1) is 32.8. The summed E-state index contributed by atoms with van der Waals surface area (Å²) in [6, 6.07) is 0. The standard InChI is InChI=1S/C34H59NO6S/c1-7-26-30-17-24(36)13-15-34(30,6)29-14-16-33(5)27(11-12-28(33)31(29)32(26)38)21(2)9-8-10-25(37)20-42(39,40)35-18-22(3)41-23(4)19-35/h21-24,26-32,36,38H,7-20H2,1-6H3/t21-,22-,23+,24-,26-,27-,28+,29+,30+,31+,32-,33-,34-/m1/s1. The lowest BCUT2D eigenvalue weighted by Crippen LogP contribution is -2.62. The molecule has 2 N–H and O–H groups in total. The molecule has 13 atom stereocenters. The van der Waals surface area contributed by atoms with Crippen molar-refractivity contribution >= 4 is 15.8 Å². The quantitative estimate of drug-likeness (QED) is 0.362. The zero-order chi connectivity index (χ0) is 30.6. The van der Waals surface area contributed by atoms with E-state index in [1.807, 2.05) is 13.8 Å². The third kappa shape index (κ3) is 5.90. The van der Waals surface area contributed by atoms with E-state index in [1.165, 1.54) is 30.0 Å². The molecule has 5 rings (SSSR count). The first-order valence-corrected chi connectivity index (χ1v) is 18.8. The Balaban J connectivity index is 1.19. The maximum Gasteiger partial charge on any atom is 0.221 e. The second-order valence-corrected chi connectivity index (χ2v) is 17.8. The molecule has 0 bridgehead atoms. The molecule has 1 aliphatic heterocycles. The second-order valence-electron chi connectivity index (χ2n) is 15.9. The molecular formula is C34H59NO6S. The molecule has 0 radical (unpaired) electrons. The smallest absolute Gasteiger partial charge is 0.221 e. The van der Waals surface area contributed by atoms with E-state index in [0.717, 1.165) is 38.5 Å². The van der Waals surface area contributed by atoms with Gasteiger partial charge in [0.1, 0.15) is 11.5 Å². The number of Topliss-reactive ketones (excluding diaryl/α,β-unsaturated/α-hetero) is 1. The molecule has 0 aromatic rings. The average molecular weight is 610 g/mol. The maximum absolute atomic E-state index is 12.9. The van der Waals surface area contributed by atoms with Crippen LogP contribution in [0.3, 0.4) is 0 Å². The summed E-state index contributed by atoms with van der Waals surface area (Å²) in [5, 5.41) is 22.5. The number of aliphatic hydroxyl groups excluding tert-OH is 2. The normalized spacial score (nSPS) is 46.9. The average Bonchev–Trinajstić information content (AvgIpc) is 3.26. The molecule has 42 heavy (non-hydrogen) atoms. The molecule has 0 spiro atoms. The zero-order valence-corrected chi connectivity index (χ0v) is 27.9. The van der Waals surface area contributed by atoms with E-state index in [9.17, 15) is 23.4 Å². The molecule has 5 aliphatic rings. The fourth-order valence-corrected chi connectivity index (χ4v) is 13.1. The number of aliphatic hydroxyl groups is 2. The number of hydrogen-bond donors (Lipinski definition) is 2. The summed E-state index contributed by atoms with van der Waals surface area (Å²) < 4.78 is 32.9. The Morgan fingerprint density at radius 1 is 0.976 bits per heavy atom. The van der Waals surface area contributed by atoms with E-state index in [-0.39, 0.29) is 46.9 Å². The predicted octanol–water partition coefficient (Wildman–Crippen LogP) is 5.43. The summed E-state index contributed by atoms with van der Waals surface area (Å²) >= 11 is 0. The van der Waals surface area contributed by atoms with Crippen molar-refractivity contribution < 1.29 is 28.2 Å². The lowest BCUT2D eigenvalue weighted by molar-refractivity contribution is -0.203. The molecular weight excluding hydrogens is 550 g/mol. The van der Waals surface area contributed by atoms with Crippen molar-refractivity contribution in [2.75, 3.05) is 18.8 Å². The molecule has 1 heterocycles. The Bertz CT molecular complexity index is 1070. The monoisotopic (exact) mass is 609 g/mol. The van der Waals surface area contributed by atoms with Gasteiger partial charge in [-0.3, -0.25) is 4.79 Å². The van der Waals surface area contributed by atoms with E-state index in [2.05, 4.69) is 27.7 Å². The number of fused-ring (bicyclic) bond motifs is 5. The number of nitrogens with zero attached hydrogens (tertiary/aromatic N) is 1. The van der Waals surface area contributed by atoms with E-state index in [1.54, 1.807) is 0 Å². The number of sulfonamides is 1. The Morgan fingerprint density at radius 2 is 1.62 bits per heavy atom. The molecule has 7 nitrogen and oxygen atoms in total. The van der Waals surface area contributed by atoms with Gasteiger partial charge in [-0.1, -0.05) is 40.5 Å². The van der Waals surface area contributed by atoms with Crippen molar-refractivity contribution in [1.29, 1.82) is 0 Å². The molecule has 0 aromatic heterocycles. The summed E-state index contributed by atoms with van der Waals surface area (Å²) in [7, 11) is -3.61. The molecule has 242 valence electrons. The van der Waals surface area contributed by atoms with Gasteiger partial charge in [-0.15, -0.1) is 0 Å². The summed E-state index contributed by atoms with van der Waals surface area (Å²) in [5.41, 5.74) is 0.418. The third-order valence-corrected chi connectivity index (χ3v) is 15.2. The number of carbonyl (C=O) groups excluding carboxylic acids is 1. The van der Waals surface area contributed by atoms with Gasteiger partial charge in [-0.05, 0) is 117 Å². The molecule has 0 unspecified atom stereocenters. The molecule has 1 saturated heterocycles. The minimum absolute atomic E-state index is 0.159. The predicted molar refractivity (Wildman–Crippen MR) is 165 cm³/mol. The van der Waals surface area contributed by atoms with Gasteiger partial charge in [-0.2, -0.15) is 4.31 Å². The second kappa shape index (κ2) is 12.3. The fraction of sp³-hybridized carbons (Fsp3) is 0.971. The highest BCUT2D eigenvalue weighted by Gasteiger charge is 2.64. The van der Waals surface area contributed by atoms with Crippen LogP contribution in [-0.4, -0.2) is 72.0 Å². The van der Waals surface area contributed by atoms with Crippen LogP contribution < -0.4 is 0 Å². The van der Waals surface area contributed by atoms with Gasteiger partial charge in [0.05, 0.1) is 24.4 Å². The summed E-state index contributed by atoms with van der Waals surface area (Å²) in [6.07, 6.45) is 9.73. The summed E-state index contributed by atoms with van der Waals surface area (Å²) in [6.45, 7) is 13.9. The van der Waals surface area contributed by atoms with E-state index < -0.39 is 15.8 Å². The van der Waals surface area contributed by atoms with Crippen LogP contribution in [0.5, 0.6) is 0 Å². The van der Waals surface area contributed by atoms with Gasteiger partial charge in [0, 0.05) is 19.5 Å². The van der Waals surface area contributed by atoms with Gasteiger partial charge >= 0.3 is 0 Å². The van der Waals surface area contributed by atoms with Crippen LogP contribution in [0, 0.1) is 52.3 Å². The molecule has 4 aliphatic carbocycles. The molecule has 8 heteroatoms. The topological polar surface area (TPSA) is 104 Å². The SMILES string of the molecule is CC[C@H]1[C@@H](O)[C@@H]2[C@H](CC[C@]3(C)[C@@H]([C@H](C)CCCC(=O)CS(=O)(=O)N4C[C@@H](C)O[C@@H](C)C4)CC[C@@H]23)[C@@]2(C)CC[C@@H](O)C[C@@H]12. The van der Waals surface area contributed by atoms with Crippen LogP contribution in [0.1, 0.15) is 112 Å². The van der Waals surface area contributed by atoms with E-state index in [0.29, 0.717) is 55.0 Å². The van der Waals surface area contributed by atoms with Gasteiger partial charge in [0.15, 0.2) is 0 Å². The van der Waals surface area contributed by atoms with Crippen LogP contribution in [0.25, 0.3) is 0 Å². The van der Waals surface area contributed by atoms with Crippen LogP contribution >= 0.6 is 0 Å². The van der Waals surface area contributed by atoms with Crippen molar-refractivity contribution in [3.63, 3.8) is 0 Å². The number of rotatable bonds is 9. The van der Waals surface area contributed by atoms with Crippen molar-refractivity contribution in [3.05, 3.63) is 0 Å². The maximum atomic E-state index is 12.9. The first-order valence-electron chi connectivity index (χ1n) is 17.2. The van der Waals surface area contributed by atoms with Gasteiger partial charge in [0.25, 0.3) is 0 Å². The van der Waals surface area contributed by atoms with Crippen LogP contribution in [0.2, 0.25) is 0 Å². The van der Waals surface area contributed by atoms with Crippen molar-refractivity contribution in [2.45, 2.75) is 137 Å². The van der Waals surface area contributed by atoms with Crippen LogP contribution in [0.4, 0.5) is 0 Å². The Labute approximate surface area is 255 Å². The zero-order valence-electron chi connectivity index (χ0n) is 27.1. The minimum atomic E-state index is -3.61. The number of hydrogen-bond acceptors (Lipinski definition) is 6. The molecule has 0 amide bonds. The van der Waals surface area contributed by atoms with Crippen molar-refractivity contribution in [2.24, 2.45) is 52.3 Å². The number of ketones is 1. The lowest BCUT2D eigenvalue weighted by atomic mass is 9.41. The minimum Gasteiger partial charge on any atom is -0.393 e. The molecule has 4 saturated carbocycles. The van der Waals surface area contributed by atoms with Gasteiger partial charge in [0.2, 0.25) is 10.0 Å². The van der Waals surface area contributed by atoms with E-state index in [4.69, 9.17) is 4.74 Å². The lowest BCUT2D eigenvalue weighted by Gasteiger charge is -2.64. The van der Waals surface area contributed by atoms with Crippen molar-refractivity contribution in [1.82, 2.24) is 4.31 Å². The molecule has 0 aromatic carbocycles. The van der Waals surface area contributed by atoms with Gasteiger partial charge in [-0.25, -0.2) is 8.42 Å². The molecule has 5 fully saturated rings. The highest BCUT2D eigenvalue weighted by Crippen LogP contribution is 2.69. The Morgan fingerprint density at radius 3 is 2.29 bits per heavy atom. The largest absolute Gasteiger partial charge is 0.393 e. The van der Waals surface area contributed by atoms with Crippen LogP contribution in [-0.2, 0) is 19.6 Å². The number of morpholine rings is 1. The number of ether oxygens (including phenoxy) is 1. The number of carbonyl (C=O) groups is 1. The highest BCUT2D eigenvalue weighted by molar-refractivity contribution is 7.89. The first-order chi connectivity index (χ1) is 19.7. The van der Waals surface area contributed by atoms with Gasteiger partial charge < -0.3 is 14.9 Å². The summed E-state index contributed by atoms with van der Waals surface area (Å²) in [5.74, 6) is 2.57. The Hall–Kier alpha value is -0.540. The Kier molecular flexibility index (Phi) is 9.65. The van der Waals surface area contributed by atoms with E-state index >= 15 is 0 Å².